The molecule has 26 heavy (non-hydrogen) atoms. The van der Waals surface area contributed by atoms with Gasteiger partial charge in [-0.2, -0.15) is 0 Å². The summed E-state index contributed by atoms with van der Waals surface area (Å²) in [5.74, 6) is 1.28. The number of hydrogen-bond acceptors (Lipinski definition) is 1. The van der Waals surface area contributed by atoms with Gasteiger partial charge in [-0.25, -0.2) is 9.37 Å². The first-order chi connectivity index (χ1) is 12.6. The van der Waals surface area contributed by atoms with Crippen molar-refractivity contribution in [2.24, 2.45) is 5.92 Å². The van der Waals surface area contributed by atoms with E-state index >= 15 is 0 Å². The van der Waals surface area contributed by atoms with Crippen LogP contribution in [0, 0.1) is 19.8 Å². The number of nitrogens with zero attached hydrogens (tertiary/aromatic N) is 1. The largest absolute Gasteiger partial charge is 0.338 e. The fourth-order valence-electron chi connectivity index (χ4n) is 3.75. The predicted molar refractivity (Wildman–Crippen MR) is 107 cm³/mol. The topological polar surface area (TPSA) is 28.7 Å². The lowest BCUT2D eigenvalue weighted by Crippen LogP contribution is -2.00. The van der Waals surface area contributed by atoms with Crippen molar-refractivity contribution in [2.75, 3.05) is 0 Å². The number of halogens is 1. The van der Waals surface area contributed by atoms with Crippen LogP contribution in [0.1, 0.15) is 36.2 Å². The van der Waals surface area contributed by atoms with E-state index in [1.807, 2.05) is 6.08 Å². The van der Waals surface area contributed by atoms with E-state index < -0.39 is 0 Å². The number of imidazole rings is 1. The number of rotatable bonds is 3. The van der Waals surface area contributed by atoms with Crippen molar-refractivity contribution < 1.29 is 4.39 Å². The Balaban J connectivity index is 1.62. The summed E-state index contributed by atoms with van der Waals surface area (Å²) < 4.78 is 13.1. The number of aromatic nitrogens is 2. The molecular formula is C23H23FN2. The van der Waals surface area contributed by atoms with Crippen molar-refractivity contribution in [3.63, 3.8) is 0 Å². The fourth-order valence-corrected chi connectivity index (χ4v) is 3.75. The lowest BCUT2D eigenvalue weighted by Gasteiger charge is -2.14. The molecule has 1 aromatic heterocycles. The fraction of sp³-hybridized carbons (Fsp3) is 0.261. The Hall–Kier alpha value is -2.68. The molecule has 0 fully saturated rings. The second kappa shape index (κ2) is 6.91. The average Bonchev–Trinajstić information content (AvgIpc) is 3.03. The molecule has 4 rings (SSSR count). The number of benzene rings is 2. The normalized spacial score (nSPS) is 17.8. The molecule has 3 heteroatoms. The molecule has 0 amide bonds. The number of aryl methyl sites for hydroxylation is 2. The van der Waals surface area contributed by atoms with Crippen molar-refractivity contribution in [1.29, 1.82) is 0 Å². The Kier molecular flexibility index (Phi) is 4.46. The highest BCUT2D eigenvalue weighted by Crippen LogP contribution is 2.30. The van der Waals surface area contributed by atoms with Gasteiger partial charge in [0, 0.05) is 0 Å². The van der Waals surface area contributed by atoms with Crippen LogP contribution < -0.4 is 0 Å². The van der Waals surface area contributed by atoms with Crippen LogP contribution in [0.15, 0.2) is 54.4 Å². The molecule has 0 spiro atoms. The molecular weight excluding hydrogens is 323 g/mol. The van der Waals surface area contributed by atoms with Crippen LogP contribution in [0.25, 0.3) is 28.2 Å². The van der Waals surface area contributed by atoms with Crippen LogP contribution in [0.4, 0.5) is 4.39 Å². The maximum absolute atomic E-state index is 13.1. The molecule has 1 unspecified atom stereocenters. The third-order valence-corrected chi connectivity index (χ3v) is 5.19. The summed E-state index contributed by atoms with van der Waals surface area (Å²) in [5, 5.41) is 0. The van der Waals surface area contributed by atoms with Gasteiger partial charge in [0.2, 0.25) is 0 Å². The number of allylic oxidation sites excluding steroid dienone is 3. The van der Waals surface area contributed by atoms with E-state index in [9.17, 15) is 4.39 Å². The third kappa shape index (κ3) is 3.34. The van der Waals surface area contributed by atoms with Crippen LogP contribution in [-0.4, -0.2) is 9.97 Å². The van der Waals surface area contributed by atoms with Crippen LogP contribution in [0.2, 0.25) is 0 Å². The highest BCUT2D eigenvalue weighted by Gasteiger charge is 2.12. The number of aromatic amines is 1. The molecule has 3 aromatic rings. The van der Waals surface area contributed by atoms with Gasteiger partial charge in [0.1, 0.15) is 5.82 Å². The molecule has 1 N–H and O–H groups in total. The summed E-state index contributed by atoms with van der Waals surface area (Å²) in [6.45, 7) is 4.29. The van der Waals surface area contributed by atoms with E-state index in [1.165, 1.54) is 22.3 Å². The van der Waals surface area contributed by atoms with Crippen molar-refractivity contribution in [3.05, 3.63) is 71.3 Å². The van der Waals surface area contributed by atoms with Gasteiger partial charge in [0.05, 0.1) is 16.9 Å². The lowest BCUT2D eigenvalue weighted by molar-refractivity contribution is 0.481. The molecule has 0 saturated heterocycles. The van der Waals surface area contributed by atoms with Gasteiger partial charge in [-0.15, -0.1) is 0 Å². The molecule has 0 radical (unpaired) electrons. The summed E-state index contributed by atoms with van der Waals surface area (Å²) in [5.41, 5.74) is 7.04. The molecule has 2 aromatic carbocycles. The Bertz CT molecular complexity index is 990. The standard InChI is InChI=1S/C23H23FN2/c1-15-4-3-5-16(2)23(15)18-9-12-20-21(14-18)26-22(25-20)13-8-17-6-10-19(24)11-7-17/h3-5,8-10,12-14,17H,6-7,11H2,1-2H3,(H,25,26). The van der Waals surface area contributed by atoms with Crippen LogP contribution >= 0.6 is 0 Å². The van der Waals surface area contributed by atoms with E-state index in [2.05, 4.69) is 61.3 Å². The van der Waals surface area contributed by atoms with E-state index in [0.717, 1.165) is 29.7 Å². The minimum atomic E-state index is 0.0254. The van der Waals surface area contributed by atoms with Gasteiger partial charge in [-0.1, -0.05) is 36.4 Å². The van der Waals surface area contributed by atoms with Crippen LogP contribution in [-0.2, 0) is 0 Å². The Morgan fingerprint density at radius 2 is 1.96 bits per heavy atom. The zero-order chi connectivity index (χ0) is 18.1. The monoisotopic (exact) mass is 346 g/mol. The summed E-state index contributed by atoms with van der Waals surface area (Å²) >= 11 is 0. The van der Waals surface area contributed by atoms with E-state index in [1.54, 1.807) is 6.08 Å². The van der Waals surface area contributed by atoms with Crippen LogP contribution in [0.3, 0.4) is 0 Å². The summed E-state index contributed by atoms with van der Waals surface area (Å²) in [7, 11) is 0. The third-order valence-electron chi connectivity index (χ3n) is 5.19. The van der Waals surface area contributed by atoms with Gasteiger partial charge in [0.25, 0.3) is 0 Å². The molecule has 132 valence electrons. The molecule has 0 bridgehead atoms. The van der Waals surface area contributed by atoms with Gasteiger partial charge in [0.15, 0.2) is 0 Å². The zero-order valence-corrected chi connectivity index (χ0v) is 15.2. The summed E-state index contributed by atoms with van der Waals surface area (Å²) in [6.07, 6.45) is 8.07. The summed E-state index contributed by atoms with van der Waals surface area (Å²) in [6, 6.07) is 12.8. The zero-order valence-electron chi connectivity index (χ0n) is 15.2. The van der Waals surface area contributed by atoms with Gasteiger partial charge in [-0.3, -0.25) is 0 Å². The number of fused-ring (bicyclic) bond motifs is 1. The van der Waals surface area contributed by atoms with Crippen molar-refractivity contribution in [1.82, 2.24) is 9.97 Å². The minimum absolute atomic E-state index is 0.0254. The van der Waals surface area contributed by atoms with Gasteiger partial charge < -0.3 is 4.98 Å². The highest BCUT2D eigenvalue weighted by molar-refractivity contribution is 5.84. The molecule has 1 aliphatic rings. The van der Waals surface area contributed by atoms with Gasteiger partial charge >= 0.3 is 0 Å². The number of nitrogens with one attached hydrogen (secondary N) is 1. The second-order valence-electron chi connectivity index (χ2n) is 7.17. The summed E-state index contributed by atoms with van der Waals surface area (Å²) in [4.78, 5) is 8.09. The maximum atomic E-state index is 13.1. The maximum Gasteiger partial charge on any atom is 0.130 e. The van der Waals surface area contributed by atoms with Gasteiger partial charge in [-0.05, 0) is 79.5 Å². The number of hydrogen-bond donors (Lipinski definition) is 1. The van der Waals surface area contributed by atoms with E-state index in [-0.39, 0.29) is 5.83 Å². The first-order valence-electron chi connectivity index (χ1n) is 9.19. The van der Waals surface area contributed by atoms with E-state index in [4.69, 9.17) is 4.98 Å². The van der Waals surface area contributed by atoms with Crippen molar-refractivity contribution in [2.45, 2.75) is 33.1 Å². The lowest BCUT2D eigenvalue weighted by atomic mass is 9.93. The molecule has 2 nitrogen and oxygen atoms in total. The minimum Gasteiger partial charge on any atom is -0.338 e. The SMILES string of the molecule is Cc1cccc(C)c1-c1ccc2[nH]c(C=CC3CC=C(F)CC3)nc2c1. The van der Waals surface area contributed by atoms with E-state index in [0.29, 0.717) is 12.3 Å². The quantitative estimate of drug-likeness (QED) is 0.575. The first-order valence-corrected chi connectivity index (χ1v) is 9.19. The predicted octanol–water partition coefficient (Wildman–Crippen LogP) is 6.51. The highest BCUT2D eigenvalue weighted by atomic mass is 19.1. The van der Waals surface area contributed by atoms with Crippen molar-refractivity contribution >= 4 is 17.1 Å². The molecule has 1 atom stereocenters. The first kappa shape index (κ1) is 16.8. The molecule has 0 saturated carbocycles. The van der Waals surface area contributed by atoms with Crippen molar-refractivity contribution in [3.8, 4) is 11.1 Å². The Morgan fingerprint density at radius 1 is 1.15 bits per heavy atom. The van der Waals surface area contributed by atoms with Crippen LogP contribution in [0.5, 0.6) is 0 Å². The second-order valence-corrected chi connectivity index (χ2v) is 7.17. The smallest absolute Gasteiger partial charge is 0.130 e. The Morgan fingerprint density at radius 3 is 2.69 bits per heavy atom. The number of H-pyrrole nitrogens is 1. The molecule has 1 heterocycles. The molecule has 0 aliphatic heterocycles. The molecule has 1 aliphatic carbocycles. The Labute approximate surface area is 153 Å². The average molecular weight is 346 g/mol.